The number of hydrogen-bond donors (Lipinski definition) is 2. The lowest BCUT2D eigenvalue weighted by Gasteiger charge is -2.07. The predicted molar refractivity (Wildman–Crippen MR) is 67.8 cm³/mol. The molecule has 0 radical (unpaired) electrons. The van der Waals surface area contributed by atoms with Crippen molar-refractivity contribution in [2.24, 2.45) is 0 Å². The lowest BCUT2D eigenvalue weighted by molar-refractivity contribution is 0.0954. The van der Waals surface area contributed by atoms with Crippen molar-refractivity contribution < 1.29 is 9.53 Å². The molecule has 0 spiro atoms. The van der Waals surface area contributed by atoms with Crippen LogP contribution in [0, 0.1) is 11.8 Å². The summed E-state index contributed by atoms with van der Waals surface area (Å²) in [4.78, 5) is 11.7. The van der Waals surface area contributed by atoms with E-state index < -0.39 is 0 Å². The second-order valence-electron chi connectivity index (χ2n) is 3.39. The molecule has 90 valence electrons. The lowest BCUT2D eigenvalue weighted by Crippen LogP contribution is -2.24. The summed E-state index contributed by atoms with van der Waals surface area (Å²) in [6, 6.07) is 4.95. The summed E-state index contributed by atoms with van der Waals surface area (Å²) in [6.07, 6.45) is 0.647. The van der Waals surface area contributed by atoms with E-state index in [4.69, 9.17) is 10.5 Å². The number of ether oxygens (including phenoxy) is 1. The molecule has 4 heteroatoms. The van der Waals surface area contributed by atoms with Gasteiger partial charge in [0.1, 0.15) is 5.75 Å². The zero-order chi connectivity index (χ0) is 12.7. The van der Waals surface area contributed by atoms with Crippen molar-refractivity contribution in [3.63, 3.8) is 0 Å². The molecule has 0 aliphatic rings. The minimum atomic E-state index is -0.155. The molecule has 0 aromatic heterocycles. The maximum Gasteiger partial charge on any atom is 0.251 e. The second-order valence-corrected chi connectivity index (χ2v) is 3.39. The Morgan fingerprint density at radius 1 is 1.53 bits per heavy atom. The first kappa shape index (κ1) is 12.9. The average Bonchev–Trinajstić information content (AvgIpc) is 2.34. The van der Waals surface area contributed by atoms with Crippen molar-refractivity contribution in [1.29, 1.82) is 0 Å². The van der Waals surface area contributed by atoms with Gasteiger partial charge in [0.2, 0.25) is 0 Å². The van der Waals surface area contributed by atoms with Gasteiger partial charge in [0.05, 0.1) is 12.8 Å². The van der Waals surface area contributed by atoms with Crippen molar-refractivity contribution in [3.8, 4) is 17.6 Å². The smallest absolute Gasteiger partial charge is 0.251 e. The topological polar surface area (TPSA) is 64.3 Å². The summed E-state index contributed by atoms with van der Waals surface area (Å²) in [5.41, 5.74) is 6.69. The molecule has 1 rings (SSSR count). The number of anilines is 1. The third kappa shape index (κ3) is 3.72. The number of nitrogens with one attached hydrogen (secondary N) is 1. The Morgan fingerprint density at radius 3 is 2.88 bits per heavy atom. The summed E-state index contributed by atoms with van der Waals surface area (Å²) < 4.78 is 5.02. The molecule has 1 aromatic rings. The van der Waals surface area contributed by atoms with Gasteiger partial charge in [0.25, 0.3) is 5.91 Å². The first-order chi connectivity index (χ1) is 8.19. The van der Waals surface area contributed by atoms with Crippen molar-refractivity contribution >= 4 is 11.6 Å². The normalized spacial score (nSPS) is 9.06. The fourth-order valence-corrected chi connectivity index (χ4v) is 1.34. The lowest BCUT2D eigenvalue weighted by atomic mass is 10.1. The summed E-state index contributed by atoms with van der Waals surface area (Å²) in [5.74, 6) is 6.06. The minimum absolute atomic E-state index is 0.155. The van der Waals surface area contributed by atoms with Gasteiger partial charge in [-0.15, -0.1) is 11.8 Å². The second kappa shape index (κ2) is 6.44. The van der Waals surface area contributed by atoms with E-state index in [1.165, 1.54) is 7.11 Å². The van der Waals surface area contributed by atoms with Crippen LogP contribution in [0.3, 0.4) is 0 Å². The number of hydrogen-bond acceptors (Lipinski definition) is 3. The molecule has 0 bridgehead atoms. The van der Waals surface area contributed by atoms with E-state index in [1.54, 1.807) is 25.1 Å². The number of methoxy groups -OCH3 is 1. The van der Waals surface area contributed by atoms with E-state index in [0.29, 0.717) is 30.0 Å². The molecule has 0 aliphatic carbocycles. The number of carbonyl (C=O) groups is 1. The van der Waals surface area contributed by atoms with Crippen molar-refractivity contribution in [1.82, 2.24) is 5.32 Å². The fraction of sp³-hybridized carbons (Fsp3) is 0.308. The Balaban J connectivity index is 2.62. The van der Waals surface area contributed by atoms with E-state index in [-0.39, 0.29) is 5.91 Å². The van der Waals surface area contributed by atoms with Crippen LogP contribution in [0.1, 0.15) is 23.7 Å². The largest absolute Gasteiger partial charge is 0.495 e. The first-order valence-corrected chi connectivity index (χ1v) is 5.30. The predicted octanol–water partition coefficient (Wildman–Crippen LogP) is 1.42. The molecule has 0 saturated carbocycles. The van der Waals surface area contributed by atoms with Gasteiger partial charge in [-0.25, -0.2) is 0 Å². The first-order valence-electron chi connectivity index (χ1n) is 5.30. The molecule has 0 fully saturated rings. The molecule has 4 nitrogen and oxygen atoms in total. The summed E-state index contributed by atoms with van der Waals surface area (Å²) in [7, 11) is 1.54. The van der Waals surface area contributed by atoms with Crippen LogP contribution in [0.25, 0.3) is 0 Å². The number of nitrogens with two attached hydrogens (primary N) is 1. The molecule has 1 aromatic carbocycles. The number of rotatable bonds is 4. The van der Waals surface area contributed by atoms with E-state index in [9.17, 15) is 4.79 Å². The zero-order valence-corrected chi connectivity index (χ0v) is 10.0. The van der Waals surface area contributed by atoms with Gasteiger partial charge in [-0.05, 0) is 25.1 Å². The Morgan fingerprint density at radius 2 is 2.29 bits per heavy atom. The van der Waals surface area contributed by atoms with Gasteiger partial charge in [0, 0.05) is 18.5 Å². The number of amides is 1. The Kier molecular flexibility index (Phi) is 4.89. The fourth-order valence-electron chi connectivity index (χ4n) is 1.34. The van der Waals surface area contributed by atoms with E-state index in [0.717, 1.165) is 0 Å². The van der Waals surface area contributed by atoms with Crippen LogP contribution in [0.4, 0.5) is 5.69 Å². The molecule has 17 heavy (non-hydrogen) atoms. The highest BCUT2D eigenvalue weighted by molar-refractivity contribution is 5.95. The molecule has 1 amide bonds. The van der Waals surface area contributed by atoms with Gasteiger partial charge in [-0.1, -0.05) is 0 Å². The van der Waals surface area contributed by atoms with Crippen LogP contribution in [0.5, 0.6) is 5.75 Å². The molecule has 0 heterocycles. The molecule has 0 atom stereocenters. The summed E-state index contributed by atoms with van der Waals surface area (Å²) in [5, 5.41) is 2.76. The summed E-state index contributed by atoms with van der Waals surface area (Å²) >= 11 is 0. The number of nitrogen functional groups attached to an aromatic ring is 1. The molecule has 0 unspecified atom stereocenters. The van der Waals surface area contributed by atoms with Crippen LogP contribution in [0.15, 0.2) is 18.2 Å². The number of benzene rings is 1. The Labute approximate surface area is 101 Å². The Bertz CT molecular complexity index is 458. The molecular formula is C13H16N2O2. The molecular weight excluding hydrogens is 216 g/mol. The minimum Gasteiger partial charge on any atom is -0.495 e. The van der Waals surface area contributed by atoms with Gasteiger partial charge < -0.3 is 15.8 Å². The highest BCUT2D eigenvalue weighted by atomic mass is 16.5. The molecule has 0 aliphatic heterocycles. The third-order valence-electron chi connectivity index (χ3n) is 2.20. The Hall–Kier alpha value is -2.15. The molecule has 0 saturated heterocycles. The highest BCUT2D eigenvalue weighted by Crippen LogP contribution is 2.21. The zero-order valence-electron chi connectivity index (χ0n) is 10.0. The third-order valence-corrected chi connectivity index (χ3v) is 2.20. The van der Waals surface area contributed by atoms with E-state index >= 15 is 0 Å². The number of carbonyl (C=O) groups excluding carboxylic acids is 1. The van der Waals surface area contributed by atoms with Crippen molar-refractivity contribution in [3.05, 3.63) is 23.8 Å². The van der Waals surface area contributed by atoms with Gasteiger partial charge in [-0.3, -0.25) is 4.79 Å². The standard InChI is InChI=1S/C13H16N2O2/c1-3-4-5-8-15-13(16)10-6-7-12(17-2)11(14)9-10/h6-7,9H,5,8,14H2,1-2H3,(H,15,16). The SMILES string of the molecule is CC#CCCNC(=O)c1ccc(OC)c(N)c1. The average molecular weight is 232 g/mol. The van der Waals surface area contributed by atoms with E-state index in [1.807, 2.05) is 0 Å². The van der Waals surface area contributed by atoms with Crippen LogP contribution in [0.2, 0.25) is 0 Å². The van der Waals surface area contributed by atoms with Crippen LogP contribution >= 0.6 is 0 Å². The van der Waals surface area contributed by atoms with Gasteiger partial charge in [0.15, 0.2) is 0 Å². The maximum atomic E-state index is 11.7. The quantitative estimate of drug-likeness (QED) is 0.469. The highest BCUT2D eigenvalue weighted by Gasteiger charge is 2.07. The van der Waals surface area contributed by atoms with Crippen LogP contribution < -0.4 is 15.8 Å². The van der Waals surface area contributed by atoms with Crippen molar-refractivity contribution in [2.45, 2.75) is 13.3 Å². The van der Waals surface area contributed by atoms with Gasteiger partial charge >= 0.3 is 0 Å². The van der Waals surface area contributed by atoms with Crippen LogP contribution in [-0.2, 0) is 0 Å². The maximum absolute atomic E-state index is 11.7. The monoisotopic (exact) mass is 232 g/mol. The van der Waals surface area contributed by atoms with Gasteiger partial charge in [-0.2, -0.15) is 0 Å². The van der Waals surface area contributed by atoms with E-state index in [2.05, 4.69) is 17.2 Å². The van der Waals surface area contributed by atoms with Crippen LogP contribution in [-0.4, -0.2) is 19.6 Å². The van der Waals surface area contributed by atoms with Crippen molar-refractivity contribution in [2.75, 3.05) is 19.4 Å². The summed E-state index contributed by atoms with van der Waals surface area (Å²) in [6.45, 7) is 2.30. The molecule has 3 N–H and O–H groups in total.